The summed E-state index contributed by atoms with van der Waals surface area (Å²) in [5, 5.41) is 5.09. The molecule has 0 atom stereocenters. The fourth-order valence-electron chi connectivity index (χ4n) is 2.67. The summed E-state index contributed by atoms with van der Waals surface area (Å²) in [5.41, 5.74) is 1.31. The van der Waals surface area contributed by atoms with Gasteiger partial charge in [0, 0.05) is 29.6 Å². The molecule has 0 saturated heterocycles. The average molecular weight is 404 g/mol. The Labute approximate surface area is 167 Å². The summed E-state index contributed by atoms with van der Waals surface area (Å²) in [6.07, 6.45) is 0.453. The van der Waals surface area contributed by atoms with E-state index in [-0.39, 0.29) is 11.9 Å². The molecule has 0 unspecified atom stereocenters. The van der Waals surface area contributed by atoms with Crippen LogP contribution in [0, 0.1) is 0 Å². The van der Waals surface area contributed by atoms with Gasteiger partial charge < -0.3 is 9.42 Å². The van der Waals surface area contributed by atoms with Crippen molar-refractivity contribution in [1.29, 1.82) is 0 Å². The van der Waals surface area contributed by atoms with Crippen LogP contribution in [0.3, 0.4) is 0 Å². The van der Waals surface area contributed by atoms with E-state index in [4.69, 9.17) is 27.7 Å². The lowest BCUT2D eigenvalue weighted by atomic mass is 10.1. The van der Waals surface area contributed by atoms with Crippen LogP contribution >= 0.6 is 23.2 Å². The van der Waals surface area contributed by atoms with Crippen LogP contribution < -0.4 is 0 Å². The van der Waals surface area contributed by atoms with Crippen molar-refractivity contribution >= 4 is 29.1 Å². The molecule has 2 aromatic carbocycles. The standard InChI is InChI=1S/C20H19Cl2N3O2/c1-13(2)25(20(26)16-5-3-4-6-17(16)22)12-11-18-23-19(24-27-18)14-7-9-15(21)10-8-14/h3-10,13H,11-12H2,1-2H3. The van der Waals surface area contributed by atoms with Crippen LogP contribution in [-0.4, -0.2) is 33.5 Å². The molecule has 3 rings (SSSR count). The molecule has 3 aromatic rings. The van der Waals surface area contributed by atoms with Gasteiger partial charge in [0.25, 0.3) is 5.91 Å². The van der Waals surface area contributed by atoms with E-state index in [1.165, 1.54) is 0 Å². The van der Waals surface area contributed by atoms with Crippen LogP contribution in [0.25, 0.3) is 11.4 Å². The second-order valence-corrected chi connectivity index (χ2v) is 7.18. The maximum absolute atomic E-state index is 12.8. The lowest BCUT2D eigenvalue weighted by Crippen LogP contribution is -2.38. The Morgan fingerprint density at radius 3 is 2.48 bits per heavy atom. The van der Waals surface area contributed by atoms with E-state index in [1.54, 1.807) is 41.3 Å². The van der Waals surface area contributed by atoms with E-state index in [0.29, 0.717) is 40.3 Å². The molecule has 0 bridgehead atoms. The van der Waals surface area contributed by atoms with E-state index in [9.17, 15) is 4.79 Å². The number of amides is 1. The number of hydrogen-bond donors (Lipinski definition) is 0. The molecule has 0 aliphatic heterocycles. The first kappa shape index (κ1) is 19.4. The fraction of sp³-hybridized carbons (Fsp3) is 0.250. The lowest BCUT2D eigenvalue weighted by molar-refractivity contribution is 0.0704. The normalized spacial score (nSPS) is 11.0. The van der Waals surface area contributed by atoms with Gasteiger partial charge in [-0.3, -0.25) is 4.79 Å². The van der Waals surface area contributed by atoms with E-state index in [2.05, 4.69) is 10.1 Å². The topological polar surface area (TPSA) is 59.2 Å². The molecule has 140 valence electrons. The van der Waals surface area contributed by atoms with Crippen molar-refractivity contribution in [3.8, 4) is 11.4 Å². The number of hydrogen-bond acceptors (Lipinski definition) is 4. The number of carbonyl (C=O) groups excluding carboxylic acids is 1. The van der Waals surface area contributed by atoms with Crippen molar-refractivity contribution in [2.75, 3.05) is 6.54 Å². The number of carbonyl (C=O) groups is 1. The van der Waals surface area contributed by atoms with Gasteiger partial charge in [-0.25, -0.2) is 0 Å². The number of aromatic nitrogens is 2. The first-order chi connectivity index (χ1) is 13.0. The minimum absolute atomic E-state index is 0.00688. The van der Waals surface area contributed by atoms with Crippen molar-refractivity contribution in [1.82, 2.24) is 15.0 Å². The van der Waals surface area contributed by atoms with Gasteiger partial charge in [0.2, 0.25) is 11.7 Å². The van der Waals surface area contributed by atoms with E-state index in [0.717, 1.165) is 5.56 Å². The minimum atomic E-state index is -0.118. The SMILES string of the molecule is CC(C)N(CCc1nc(-c2ccc(Cl)cc2)no1)C(=O)c1ccccc1Cl. The van der Waals surface area contributed by atoms with Crippen molar-refractivity contribution in [3.05, 3.63) is 70.0 Å². The zero-order valence-corrected chi connectivity index (χ0v) is 16.5. The van der Waals surface area contributed by atoms with Gasteiger partial charge in [-0.2, -0.15) is 4.98 Å². The summed E-state index contributed by atoms with van der Waals surface area (Å²) in [6.45, 7) is 4.37. The van der Waals surface area contributed by atoms with Gasteiger partial charge in [-0.15, -0.1) is 0 Å². The van der Waals surface area contributed by atoms with E-state index in [1.807, 2.05) is 26.0 Å². The Kier molecular flexibility index (Phi) is 6.14. The van der Waals surface area contributed by atoms with Crippen LogP contribution in [0.1, 0.15) is 30.1 Å². The highest BCUT2D eigenvalue weighted by atomic mass is 35.5. The van der Waals surface area contributed by atoms with Crippen molar-refractivity contribution in [2.24, 2.45) is 0 Å². The number of halogens is 2. The van der Waals surface area contributed by atoms with Crippen LogP contribution in [0.2, 0.25) is 10.0 Å². The van der Waals surface area contributed by atoms with Crippen molar-refractivity contribution < 1.29 is 9.32 Å². The lowest BCUT2D eigenvalue weighted by Gasteiger charge is -2.26. The highest BCUT2D eigenvalue weighted by Crippen LogP contribution is 2.20. The highest BCUT2D eigenvalue weighted by Gasteiger charge is 2.21. The summed E-state index contributed by atoms with van der Waals surface area (Å²) in [4.78, 5) is 19.0. The van der Waals surface area contributed by atoms with Crippen LogP contribution in [-0.2, 0) is 6.42 Å². The van der Waals surface area contributed by atoms with Crippen LogP contribution in [0.5, 0.6) is 0 Å². The fourth-order valence-corrected chi connectivity index (χ4v) is 3.01. The molecular formula is C20H19Cl2N3O2. The third kappa shape index (κ3) is 4.67. The monoisotopic (exact) mass is 403 g/mol. The maximum atomic E-state index is 12.8. The Morgan fingerprint density at radius 2 is 1.81 bits per heavy atom. The molecule has 0 aliphatic carbocycles. The number of rotatable bonds is 6. The maximum Gasteiger partial charge on any atom is 0.255 e. The van der Waals surface area contributed by atoms with E-state index >= 15 is 0 Å². The smallest absolute Gasteiger partial charge is 0.255 e. The van der Waals surface area contributed by atoms with Crippen LogP contribution in [0.4, 0.5) is 0 Å². The third-order valence-corrected chi connectivity index (χ3v) is 4.71. The van der Waals surface area contributed by atoms with E-state index < -0.39 is 0 Å². The third-order valence-electron chi connectivity index (χ3n) is 4.13. The first-order valence-electron chi connectivity index (χ1n) is 8.59. The summed E-state index contributed by atoms with van der Waals surface area (Å²) < 4.78 is 5.33. The summed E-state index contributed by atoms with van der Waals surface area (Å²) in [6, 6.07) is 14.3. The van der Waals surface area contributed by atoms with Gasteiger partial charge in [0.1, 0.15) is 0 Å². The quantitative estimate of drug-likeness (QED) is 0.571. The molecule has 0 aliphatic rings. The number of benzene rings is 2. The highest BCUT2D eigenvalue weighted by molar-refractivity contribution is 6.33. The molecule has 1 aromatic heterocycles. The summed E-state index contributed by atoms with van der Waals surface area (Å²) >= 11 is 12.1. The van der Waals surface area contributed by atoms with Gasteiger partial charge in [-0.05, 0) is 50.2 Å². The van der Waals surface area contributed by atoms with Gasteiger partial charge >= 0.3 is 0 Å². The van der Waals surface area contributed by atoms with Gasteiger partial charge in [-0.1, -0.05) is 40.5 Å². The predicted molar refractivity (Wildman–Crippen MR) is 106 cm³/mol. The molecule has 0 N–H and O–H groups in total. The van der Waals surface area contributed by atoms with Crippen molar-refractivity contribution in [3.63, 3.8) is 0 Å². The number of nitrogens with zero attached hydrogens (tertiary/aromatic N) is 3. The van der Waals surface area contributed by atoms with Gasteiger partial charge in [0.05, 0.1) is 10.6 Å². The molecule has 27 heavy (non-hydrogen) atoms. The second-order valence-electron chi connectivity index (χ2n) is 6.34. The second kappa shape index (κ2) is 8.55. The molecule has 1 heterocycles. The average Bonchev–Trinajstić information content (AvgIpc) is 3.11. The molecule has 0 radical (unpaired) electrons. The molecule has 0 saturated carbocycles. The molecule has 7 heteroatoms. The molecular weight excluding hydrogens is 385 g/mol. The van der Waals surface area contributed by atoms with Gasteiger partial charge in [0.15, 0.2) is 0 Å². The summed E-state index contributed by atoms with van der Waals surface area (Å²) in [5.74, 6) is 0.848. The zero-order valence-electron chi connectivity index (χ0n) is 15.0. The largest absolute Gasteiger partial charge is 0.339 e. The zero-order chi connectivity index (χ0) is 19.4. The molecule has 0 fully saturated rings. The Balaban J connectivity index is 1.71. The Morgan fingerprint density at radius 1 is 1.11 bits per heavy atom. The molecule has 5 nitrogen and oxygen atoms in total. The summed E-state index contributed by atoms with van der Waals surface area (Å²) in [7, 11) is 0. The van der Waals surface area contributed by atoms with Crippen molar-refractivity contribution in [2.45, 2.75) is 26.3 Å². The molecule has 1 amide bonds. The van der Waals surface area contributed by atoms with Crippen LogP contribution in [0.15, 0.2) is 53.1 Å². The molecule has 0 spiro atoms. The first-order valence-corrected chi connectivity index (χ1v) is 9.35. The Hall–Kier alpha value is -2.37. The minimum Gasteiger partial charge on any atom is -0.339 e. The Bertz CT molecular complexity index is 923. The predicted octanol–water partition coefficient (Wildman–Crippen LogP) is 5.14.